The van der Waals surface area contributed by atoms with Crippen molar-refractivity contribution in [2.24, 2.45) is 11.7 Å². The molecule has 4 N–H and O–H groups in total. The molecule has 1 saturated carbocycles. The van der Waals surface area contributed by atoms with E-state index in [0.29, 0.717) is 0 Å². The lowest BCUT2D eigenvalue weighted by Crippen LogP contribution is -2.46. The van der Waals surface area contributed by atoms with Crippen molar-refractivity contribution in [2.45, 2.75) is 38.5 Å². The van der Waals surface area contributed by atoms with E-state index in [0.717, 1.165) is 25.7 Å². The second-order valence-corrected chi connectivity index (χ2v) is 4.11. The highest BCUT2D eigenvalue weighted by molar-refractivity contribution is 7.80. The standard InChI is InChI=1S/C9H17N3OS/c10-9(14)12-11-8(13)7-5-3-1-2-4-6-7/h7H,1-6H2,(H,11,13)(H3,10,12,14). The molecule has 80 valence electrons. The van der Waals surface area contributed by atoms with Gasteiger partial charge in [0.15, 0.2) is 5.11 Å². The Bertz CT molecular complexity index is 212. The summed E-state index contributed by atoms with van der Waals surface area (Å²) in [6, 6.07) is 0. The molecule has 0 aromatic carbocycles. The van der Waals surface area contributed by atoms with Crippen molar-refractivity contribution >= 4 is 23.2 Å². The molecule has 1 fully saturated rings. The second kappa shape index (κ2) is 5.80. The van der Waals surface area contributed by atoms with Crippen molar-refractivity contribution in [1.82, 2.24) is 10.9 Å². The molecule has 0 bridgehead atoms. The summed E-state index contributed by atoms with van der Waals surface area (Å²) < 4.78 is 0. The Morgan fingerprint density at radius 2 is 1.71 bits per heavy atom. The highest BCUT2D eigenvalue weighted by atomic mass is 32.1. The maximum absolute atomic E-state index is 11.6. The Morgan fingerprint density at radius 1 is 1.14 bits per heavy atom. The van der Waals surface area contributed by atoms with E-state index in [1.54, 1.807) is 0 Å². The molecule has 0 spiro atoms. The zero-order valence-electron chi connectivity index (χ0n) is 8.21. The van der Waals surface area contributed by atoms with E-state index >= 15 is 0 Å². The number of hydrazine groups is 1. The summed E-state index contributed by atoms with van der Waals surface area (Å²) in [6.45, 7) is 0. The predicted molar refractivity (Wildman–Crippen MR) is 59.3 cm³/mol. The summed E-state index contributed by atoms with van der Waals surface area (Å²) in [7, 11) is 0. The Morgan fingerprint density at radius 3 is 2.21 bits per heavy atom. The highest BCUT2D eigenvalue weighted by Crippen LogP contribution is 2.22. The molecular weight excluding hydrogens is 198 g/mol. The third kappa shape index (κ3) is 3.91. The Kier molecular flexibility index (Phi) is 4.65. The van der Waals surface area contributed by atoms with Gasteiger partial charge in [0, 0.05) is 5.92 Å². The first kappa shape index (κ1) is 11.2. The number of nitrogens with one attached hydrogen (secondary N) is 2. The Labute approximate surface area is 89.6 Å². The van der Waals surface area contributed by atoms with Gasteiger partial charge in [0.05, 0.1) is 0 Å². The lowest BCUT2D eigenvalue weighted by Gasteiger charge is -2.14. The molecule has 0 atom stereocenters. The van der Waals surface area contributed by atoms with Crippen LogP contribution in [0.3, 0.4) is 0 Å². The van der Waals surface area contributed by atoms with Gasteiger partial charge in [0.25, 0.3) is 0 Å². The first-order valence-corrected chi connectivity index (χ1v) is 5.46. The summed E-state index contributed by atoms with van der Waals surface area (Å²) in [4.78, 5) is 11.6. The molecule has 1 rings (SSSR count). The van der Waals surface area contributed by atoms with Gasteiger partial charge in [0.2, 0.25) is 5.91 Å². The molecule has 5 heteroatoms. The van der Waals surface area contributed by atoms with Crippen molar-refractivity contribution in [3.05, 3.63) is 0 Å². The van der Waals surface area contributed by atoms with Crippen LogP contribution in [-0.2, 0) is 4.79 Å². The minimum atomic E-state index is 0.0136. The van der Waals surface area contributed by atoms with Crippen molar-refractivity contribution in [1.29, 1.82) is 0 Å². The SMILES string of the molecule is NC(=S)NNC(=O)C1CCCCCC1. The van der Waals surface area contributed by atoms with Crippen LogP contribution in [0.4, 0.5) is 0 Å². The number of rotatable bonds is 1. The highest BCUT2D eigenvalue weighted by Gasteiger charge is 2.19. The first-order valence-electron chi connectivity index (χ1n) is 5.05. The molecule has 0 aliphatic heterocycles. The molecule has 0 radical (unpaired) electrons. The van der Waals surface area contributed by atoms with E-state index in [2.05, 4.69) is 23.1 Å². The van der Waals surface area contributed by atoms with Crippen molar-refractivity contribution in [3.8, 4) is 0 Å². The van der Waals surface area contributed by atoms with Gasteiger partial charge in [-0.2, -0.15) is 0 Å². The lowest BCUT2D eigenvalue weighted by molar-refractivity contribution is -0.125. The quantitative estimate of drug-likeness (QED) is 0.344. The molecule has 0 aromatic heterocycles. The molecular formula is C9H17N3OS. The topological polar surface area (TPSA) is 67.2 Å². The van der Waals surface area contributed by atoms with Gasteiger partial charge >= 0.3 is 0 Å². The number of amides is 1. The van der Waals surface area contributed by atoms with Crippen LogP contribution in [0.5, 0.6) is 0 Å². The summed E-state index contributed by atoms with van der Waals surface area (Å²) in [5.74, 6) is 0.138. The molecule has 1 amide bonds. The fourth-order valence-corrected chi connectivity index (χ4v) is 1.82. The third-order valence-corrected chi connectivity index (χ3v) is 2.64. The summed E-state index contributed by atoms with van der Waals surface area (Å²) >= 11 is 4.59. The van der Waals surface area contributed by atoms with Crippen LogP contribution in [0.25, 0.3) is 0 Å². The molecule has 0 saturated heterocycles. The average molecular weight is 215 g/mol. The number of hydrogen-bond acceptors (Lipinski definition) is 2. The Balaban J connectivity index is 2.30. The summed E-state index contributed by atoms with van der Waals surface area (Å²) in [6.07, 6.45) is 6.73. The first-order chi connectivity index (χ1) is 6.70. The normalized spacial score (nSPS) is 18.3. The van der Waals surface area contributed by atoms with Crippen LogP contribution in [0.15, 0.2) is 0 Å². The molecule has 1 aliphatic rings. The third-order valence-electron chi connectivity index (χ3n) is 2.53. The number of carbonyl (C=O) groups excluding carboxylic acids is 1. The fraction of sp³-hybridized carbons (Fsp3) is 0.778. The minimum Gasteiger partial charge on any atom is -0.375 e. The lowest BCUT2D eigenvalue weighted by atomic mass is 10.00. The number of thiocarbonyl (C=S) groups is 1. The summed E-state index contributed by atoms with van der Waals surface area (Å²) in [5, 5.41) is 0.104. The average Bonchev–Trinajstić information content (AvgIpc) is 2.42. The smallest absolute Gasteiger partial charge is 0.241 e. The van der Waals surface area contributed by atoms with Gasteiger partial charge in [-0.3, -0.25) is 15.6 Å². The van der Waals surface area contributed by atoms with E-state index in [9.17, 15) is 4.79 Å². The molecule has 0 aromatic rings. The molecule has 0 unspecified atom stereocenters. The monoisotopic (exact) mass is 215 g/mol. The molecule has 4 nitrogen and oxygen atoms in total. The predicted octanol–water partition coefficient (Wildman–Crippen LogP) is 0.821. The van der Waals surface area contributed by atoms with Gasteiger partial charge in [-0.05, 0) is 25.1 Å². The zero-order valence-corrected chi connectivity index (χ0v) is 9.03. The molecule has 1 aliphatic carbocycles. The Hall–Kier alpha value is -0.840. The second-order valence-electron chi connectivity index (χ2n) is 3.67. The number of hydrogen-bond donors (Lipinski definition) is 3. The maximum Gasteiger partial charge on any atom is 0.241 e. The van der Waals surface area contributed by atoms with Crippen LogP contribution in [-0.4, -0.2) is 11.0 Å². The number of carbonyl (C=O) groups is 1. The van der Waals surface area contributed by atoms with E-state index in [4.69, 9.17) is 5.73 Å². The van der Waals surface area contributed by atoms with Crippen LogP contribution in [0, 0.1) is 5.92 Å². The van der Waals surface area contributed by atoms with Crippen LogP contribution >= 0.6 is 12.2 Å². The maximum atomic E-state index is 11.6. The van der Waals surface area contributed by atoms with Crippen molar-refractivity contribution < 1.29 is 4.79 Å². The van der Waals surface area contributed by atoms with E-state index in [-0.39, 0.29) is 16.9 Å². The van der Waals surface area contributed by atoms with Gasteiger partial charge in [0.1, 0.15) is 0 Å². The molecule has 14 heavy (non-hydrogen) atoms. The van der Waals surface area contributed by atoms with Crippen LogP contribution in [0.2, 0.25) is 0 Å². The summed E-state index contributed by atoms with van der Waals surface area (Å²) in [5.41, 5.74) is 10.2. The van der Waals surface area contributed by atoms with E-state index in [1.165, 1.54) is 12.8 Å². The van der Waals surface area contributed by atoms with Crippen LogP contribution < -0.4 is 16.6 Å². The van der Waals surface area contributed by atoms with Gasteiger partial charge in [-0.25, -0.2) is 0 Å². The van der Waals surface area contributed by atoms with Crippen molar-refractivity contribution in [2.75, 3.05) is 0 Å². The van der Waals surface area contributed by atoms with E-state index < -0.39 is 0 Å². The fourth-order valence-electron chi connectivity index (χ4n) is 1.77. The van der Waals surface area contributed by atoms with Gasteiger partial charge < -0.3 is 5.73 Å². The largest absolute Gasteiger partial charge is 0.375 e. The van der Waals surface area contributed by atoms with Gasteiger partial charge in [-0.1, -0.05) is 25.7 Å². The van der Waals surface area contributed by atoms with Crippen molar-refractivity contribution in [3.63, 3.8) is 0 Å². The minimum absolute atomic E-state index is 0.0136. The van der Waals surface area contributed by atoms with Gasteiger partial charge in [-0.15, -0.1) is 0 Å². The zero-order chi connectivity index (χ0) is 10.4. The molecule has 0 heterocycles. The number of nitrogens with two attached hydrogens (primary N) is 1. The van der Waals surface area contributed by atoms with Crippen LogP contribution in [0.1, 0.15) is 38.5 Å². The van der Waals surface area contributed by atoms with E-state index in [1.807, 2.05) is 0 Å².